The maximum absolute atomic E-state index is 12.1. The van der Waals surface area contributed by atoms with E-state index < -0.39 is 17.6 Å². The van der Waals surface area contributed by atoms with Crippen LogP contribution in [0.3, 0.4) is 0 Å². The molecule has 6 nitrogen and oxygen atoms in total. The van der Waals surface area contributed by atoms with Crippen LogP contribution in [0.2, 0.25) is 0 Å². The Morgan fingerprint density at radius 1 is 1.41 bits per heavy atom. The molecule has 0 aromatic carbocycles. The minimum absolute atomic E-state index is 0.0260. The molecule has 0 spiro atoms. The first-order chi connectivity index (χ1) is 10.4. The molecule has 0 N–H and O–H groups in total. The number of hydrogen-bond donors (Lipinski definition) is 0. The second-order valence-corrected chi connectivity index (χ2v) is 5.97. The first-order valence-corrected chi connectivity index (χ1v) is 7.36. The van der Waals surface area contributed by atoms with Crippen LogP contribution in [0.5, 0.6) is 0 Å². The summed E-state index contributed by atoms with van der Waals surface area (Å²) < 4.78 is 15.6. The van der Waals surface area contributed by atoms with Crippen molar-refractivity contribution in [2.24, 2.45) is 5.41 Å². The zero-order chi connectivity index (χ0) is 16.3. The van der Waals surface area contributed by atoms with Crippen molar-refractivity contribution in [1.29, 1.82) is 0 Å². The third-order valence-corrected chi connectivity index (χ3v) is 3.50. The summed E-state index contributed by atoms with van der Waals surface area (Å²) in [7, 11) is 1.28. The molecule has 1 heterocycles. The van der Waals surface area contributed by atoms with Crippen LogP contribution in [0.1, 0.15) is 20.3 Å². The topological polar surface area (TPSA) is 65.1 Å². The van der Waals surface area contributed by atoms with E-state index in [9.17, 15) is 9.59 Å². The summed E-state index contributed by atoms with van der Waals surface area (Å²) in [6.45, 7) is 3.91. The molecular formula is C15H18ClNO5. The molecule has 22 heavy (non-hydrogen) atoms. The van der Waals surface area contributed by atoms with Crippen LogP contribution in [-0.2, 0) is 14.2 Å². The maximum Gasteiger partial charge on any atom is 0.424 e. The molecule has 0 saturated heterocycles. The highest BCUT2D eigenvalue weighted by molar-refractivity contribution is 6.18. The molecule has 0 radical (unpaired) electrons. The van der Waals surface area contributed by atoms with E-state index in [0.717, 1.165) is 10.5 Å². The quantitative estimate of drug-likeness (QED) is 0.742. The van der Waals surface area contributed by atoms with Crippen molar-refractivity contribution in [2.75, 3.05) is 19.5 Å². The fraction of sp³-hybridized carbons (Fsp3) is 0.467. The highest BCUT2D eigenvalue weighted by Gasteiger charge is 2.41. The second kappa shape index (κ2) is 6.44. The number of imide groups is 1. The zero-order valence-electron chi connectivity index (χ0n) is 12.7. The molecule has 1 aliphatic carbocycles. The van der Waals surface area contributed by atoms with Gasteiger partial charge in [-0.1, -0.05) is 19.9 Å². The van der Waals surface area contributed by atoms with Gasteiger partial charge in [-0.25, -0.2) is 14.5 Å². The number of alkyl halides is 1. The van der Waals surface area contributed by atoms with Crippen LogP contribution in [0.4, 0.5) is 9.59 Å². The summed E-state index contributed by atoms with van der Waals surface area (Å²) in [5, 5.41) is 0. The monoisotopic (exact) mass is 327 g/mol. The third kappa shape index (κ3) is 3.27. The van der Waals surface area contributed by atoms with Gasteiger partial charge in [-0.05, 0) is 18.1 Å². The summed E-state index contributed by atoms with van der Waals surface area (Å²) >= 11 is 5.43. The van der Waals surface area contributed by atoms with Crippen LogP contribution < -0.4 is 0 Å². The molecule has 2 rings (SSSR count). The Bertz CT molecular complexity index is 576. The number of ether oxygens (including phenoxy) is 3. The number of fused-ring (bicyclic) bond motifs is 1. The summed E-state index contributed by atoms with van der Waals surface area (Å²) in [5.74, 6) is 1.10. The lowest BCUT2D eigenvalue weighted by Gasteiger charge is -2.23. The minimum atomic E-state index is -0.824. The summed E-state index contributed by atoms with van der Waals surface area (Å²) in [5.41, 5.74) is 0.562. The molecular weight excluding hydrogens is 310 g/mol. The van der Waals surface area contributed by atoms with Crippen molar-refractivity contribution < 1.29 is 23.8 Å². The lowest BCUT2D eigenvalue weighted by atomic mass is 9.90. The van der Waals surface area contributed by atoms with Crippen molar-refractivity contribution in [1.82, 2.24) is 4.90 Å². The number of halogens is 1. The van der Waals surface area contributed by atoms with Crippen LogP contribution in [0, 0.1) is 5.41 Å². The van der Waals surface area contributed by atoms with E-state index in [0.29, 0.717) is 17.9 Å². The van der Waals surface area contributed by atoms with E-state index in [1.807, 2.05) is 19.9 Å². The summed E-state index contributed by atoms with van der Waals surface area (Å²) in [6.07, 6.45) is 4.28. The maximum atomic E-state index is 12.1. The van der Waals surface area contributed by atoms with E-state index in [1.165, 1.54) is 13.3 Å². The van der Waals surface area contributed by atoms with Gasteiger partial charge >= 0.3 is 12.2 Å². The standard InChI is InChI=1S/C15H18ClNO5/c1-15(2)9-10-5-4-7-20-11(10)12(15)22-14(19)17(3)13(18)21-8-6-16/h4-5,7H,6,8-9H2,1-3H3. The van der Waals surface area contributed by atoms with Crippen molar-refractivity contribution in [2.45, 2.75) is 20.3 Å². The lowest BCUT2D eigenvalue weighted by Crippen LogP contribution is -2.35. The van der Waals surface area contributed by atoms with Gasteiger partial charge in [0.1, 0.15) is 6.61 Å². The van der Waals surface area contributed by atoms with E-state index in [2.05, 4.69) is 0 Å². The molecule has 0 aromatic rings. The van der Waals surface area contributed by atoms with Crippen molar-refractivity contribution in [3.8, 4) is 0 Å². The van der Waals surface area contributed by atoms with Crippen molar-refractivity contribution in [3.05, 3.63) is 35.5 Å². The molecule has 2 amide bonds. The van der Waals surface area contributed by atoms with Crippen molar-refractivity contribution in [3.63, 3.8) is 0 Å². The van der Waals surface area contributed by atoms with Crippen LogP contribution in [0.15, 0.2) is 35.5 Å². The molecule has 0 unspecified atom stereocenters. The van der Waals surface area contributed by atoms with Gasteiger partial charge in [-0.2, -0.15) is 0 Å². The highest BCUT2D eigenvalue weighted by Crippen LogP contribution is 2.47. The first-order valence-electron chi connectivity index (χ1n) is 6.82. The van der Waals surface area contributed by atoms with Crippen molar-refractivity contribution >= 4 is 23.8 Å². The number of allylic oxidation sites excluding steroid dienone is 4. The molecule has 0 atom stereocenters. The molecule has 1 aliphatic heterocycles. The Balaban J connectivity index is 2.12. The average Bonchev–Trinajstić information content (AvgIpc) is 2.74. The first kappa shape index (κ1) is 16.4. The minimum Gasteiger partial charge on any atom is -0.461 e. The molecule has 7 heteroatoms. The van der Waals surface area contributed by atoms with E-state index in [-0.39, 0.29) is 12.5 Å². The molecule has 0 fully saturated rings. The van der Waals surface area contributed by atoms with Gasteiger partial charge in [-0.15, -0.1) is 11.6 Å². The SMILES string of the molecule is CN(C(=O)OCCCl)C(=O)OC1=C2OC=CC=C2CC1(C)C. The number of amides is 2. The van der Waals surface area contributed by atoms with Crippen LogP contribution >= 0.6 is 11.6 Å². The number of hydrogen-bond acceptors (Lipinski definition) is 5. The molecule has 0 saturated carbocycles. The fourth-order valence-electron chi connectivity index (χ4n) is 2.25. The van der Waals surface area contributed by atoms with E-state index in [1.54, 1.807) is 6.08 Å². The van der Waals surface area contributed by atoms with Gasteiger partial charge in [0.15, 0.2) is 11.5 Å². The smallest absolute Gasteiger partial charge is 0.424 e. The Labute approximate surface area is 133 Å². The summed E-state index contributed by atoms with van der Waals surface area (Å²) in [6, 6.07) is 0. The Morgan fingerprint density at radius 2 is 2.14 bits per heavy atom. The largest absolute Gasteiger partial charge is 0.461 e. The zero-order valence-corrected chi connectivity index (χ0v) is 13.5. The normalized spacial score (nSPS) is 18.3. The van der Waals surface area contributed by atoms with Gasteiger partial charge in [0.2, 0.25) is 0 Å². The third-order valence-electron chi connectivity index (χ3n) is 3.35. The van der Waals surface area contributed by atoms with Crippen LogP contribution in [0.25, 0.3) is 0 Å². The predicted octanol–water partition coefficient (Wildman–Crippen LogP) is 3.54. The average molecular weight is 328 g/mol. The van der Waals surface area contributed by atoms with E-state index >= 15 is 0 Å². The highest BCUT2D eigenvalue weighted by atomic mass is 35.5. The van der Waals surface area contributed by atoms with Gasteiger partial charge in [0, 0.05) is 12.5 Å². The molecule has 2 aliphatic rings. The van der Waals surface area contributed by atoms with Gasteiger partial charge in [0.25, 0.3) is 0 Å². The Hall–Kier alpha value is -1.95. The van der Waals surface area contributed by atoms with Crippen LogP contribution in [-0.4, -0.2) is 36.6 Å². The number of nitrogens with zero attached hydrogens (tertiary/aromatic N) is 1. The summed E-state index contributed by atoms with van der Waals surface area (Å²) in [4.78, 5) is 24.5. The number of carbonyl (C=O) groups is 2. The van der Waals surface area contributed by atoms with Gasteiger partial charge in [-0.3, -0.25) is 0 Å². The second-order valence-electron chi connectivity index (χ2n) is 5.59. The van der Waals surface area contributed by atoms with E-state index in [4.69, 9.17) is 25.8 Å². The van der Waals surface area contributed by atoms with Gasteiger partial charge in [0.05, 0.1) is 12.1 Å². The molecule has 0 aromatic heterocycles. The molecule has 0 bridgehead atoms. The Kier molecular flexibility index (Phi) is 4.81. The predicted molar refractivity (Wildman–Crippen MR) is 80.0 cm³/mol. The lowest BCUT2D eigenvalue weighted by molar-refractivity contribution is 0.0900. The molecule has 120 valence electrons. The fourth-order valence-corrected chi connectivity index (χ4v) is 2.33. The van der Waals surface area contributed by atoms with Gasteiger partial charge < -0.3 is 14.2 Å². The number of carbonyl (C=O) groups excluding carboxylic acids is 2. The number of rotatable bonds is 3. The Morgan fingerprint density at radius 3 is 2.82 bits per heavy atom.